The summed E-state index contributed by atoms with van der Waals surface area (Å²) < 4.78 is 0. The van der Waals surface area contributed by atoms with Gasteiger partial charge in [-0.05, 0) is 37.5 Å². The van der Waals surface area contributed by atoms with Gasteiger partial charge in [-0.15, -0.1) is 0 Å². The summed E-state index contributed by atoms with van der Waals surface area (Å²) in [7, 11) is 1.71. The fourth-order valence-corrected chi connectivity index (χ4v) is 3.82. The molecule has 0 N–H and O–H groups in total. The van der Waals surface area contributed by atoms with Gasteiger partial charge < -0.3 is 4.90 Å². The maximum atomic E-state index is 12.7. The predicted molar refractivity (Wildman–Crippen MR) is 118 cm³/mol. The molecule has 3 heterocycles. The van der Waals surface area contributed by atoms with Gasteiger partial charge in [-0.25, -0.2) is 9.97 Å². The van der Waals surface area contributed by atoms with Gasteiger partial charge in [-0.3, -0.25) is 19.5 Å². The second-order valence-corrected chi connectivity index (χ2v) is 7.71. The summed E-state index contributed by atoms with van der Waals surface area (Å²) >= 11 is 0. The van der Waals surface area contributed by atoms with Crippen LogP contribution in [0.4, 0.5) is 5.82 Å². The summed E-state index contributed by atoms with van der Waals surface area (Å²) in [6.45, 7) is 2.76. The van der Waals surface area contributed by atoms with Gasteiger partial charge in [0.25, 0.3) is 5.91 Å². The van der Waals surface area contributed by atoms with Gasteiger partial charge in [0, 0.05) is 43.7 Å². The number of pyridine rings is 1. The Kier molecular flexibility index (Phi) is 6.02. The van der Waals surface area contributed by atoms with E-state index in [9.17, 15) is 9.59 Å². The molecule has 4 rings (SSSR count). The number of benzene rings is 1. The molecule has 0 aliphatic carbocycles. The average molecular weight is 415 g/mol. The molecule has 7 heteroatoms. The molecular formula is C24H25N5O2. The van der Waals surface area contributed by atoms with Gasteiger partial charge in [0.15, 0.2) is 0 Å². The number of aromatic nitrogens is 3. The van der Waals surface area contributed by atoms with Crippen molar-refractivity contribution < 1.29 is 9.59 Å². The molecule has 0 bridgehead atoms. The number of amides is 2. The van der Waals surface area contributed by atoms with Gasteiger partial charge in [-0.2, -0.15) is 0 Å². The Balaban J connectivity index is 1.56. The van der Waals surface area contributed by atoms with Crippen molar-refractivity contribution in [2.45, 2.75) is 32.7 Å². The minimum Gasteiger partial charge on any atom is -0.334 e. The molecule has 0 radical (unpaired) electrons. The molecule has 1 aliphatic heterocycles. The zero-order valence-corrected chi connectivity index (χ0v) is 17.8. The standard InChI is InChI=1S/C24H25N5O2/c1-17-20-10-11-22(30)29(14-12-18-7-4-3-5-8-18)23(20)27-21(26-17)16-28(2)24(31)19-9-6-13-25-15-19/h3-9,13,15H,10-12,14,16H2,1-2H3. The summed E-state index contributed by atoms with van der Waals surface area (Å²) in [6, 6.07) is 13.6. The van der Waals surface area contributed by atoms with E-state index in [-0.39, 0.29) is 18.4 Å². The number of carbonyl (C=O) groups is 2. The molecule has 2 aromatic heterocycles. The third-order valence-electron chi connectivity index (χ3n) is 5.48. The van der Waals surface area contributed by atoms with Crippen molar-refractivity contribution in [3.63, 3.8) is 0 Å². The molecule has 0 saturated carbocycles. The van der Waals surface area contributed by atoms with Crippen molar-refractivity contribution in [1.29, 1.82) is 0 Å². The zero-order valence-electron chi connectivity index (χ0n) is 17.8. The van der Waals surface area contributed by atoms with E-state index in [0.717, 1.165) is 17.7 Å². The molecule has 7 nitrogen and oxygen atoms in total. The Hall–Kier alpha value is -3.61. The van der Waals surface area contributed by atoms with Crippen LogP contribution in [-0.4, -0.2) is 45.3 Å². The van der Waals surface area contributed by atoms with Crippen molar-refractivity contribution in [1.82, 2.24) is 19.9 Å². The van der Waals surface area contributed by atoms with Crippen molar-refractivity contribution in [3.05, 3.63) is 83.1 Å². The molecule has 1 aromatic carbocycles. The molecule has 0 fully saturated rings. The zero-order chi connectivity index (χ0) is 21.8. The first-order chi connectivity index (χ1) is 15.0. The lowest BCUT2D eigenvalue weighted by Crippen LogP contribution is -2.38. The lowest BCUT2D eigenvalue weighted by Gasteiger charge is -2.30. The van der Waals surface area contributed by atoms with Crippen LogP contribution >= 0.6 is 0 Å². The molecule has 0 saturated heterocycles. The van der Waals surface area contributed by atoms with Crippen molar-refractivity contribution in [2.75, 3.05) is 18.5 Å². The lowest BCUT2D eigenvalue weighted by atomic mass is 10.0. The summed E-state index contributed by atoms with van der Waals surface area (Å²) in [4.78, 5) is 42.1. The van der Waals surface area contributed by atoms with Crippen molar-refractivity contribution >= 4 is 17.6 Å². The van der Waals surface area contributed by atoms with Crippen LogP contribution in [0.1, 0.15) is 39.4 Å². The van der Waals surface area contributed by atoms with E-state index in [1.807, 2.05) is 25.1 Å². The molecule has 0 unspecified atom stereocenters. The van der Waals surface area contributed by atoms with Gasteiger partial charge in [0.2, 0.25) is 5.91 Å². The first-order valence-electron chi connectivity index (χ1n) is 10.4. The SMILES string of the molecule is Cc1nc(CN(C)C(=O)c2cccnc2)nc2c1CCC(=O)N2CCc1ccccc1. The predicted octanol–water partition coefficient (Wildman–Crippen LogP) is 2.97. The lowest BCUT2D eigenvalue weighted by molar-refractivity contribution is -0.118. The fourth-order valence-electron chi connectivity index (χ4n) is 3.82. The second-order valence-electron chi connectivity index (χ2n) is 7.71. The summed E-state index contributed by atoms with van der Waals surface area (Å²) in [6.07, 6.45) is 5.04. The van der Waals surface area contributed by atoms with Crippen LogP contribution in [0.3, 0.4) is 0 Å². The van der Waals surface area contributed by atoms with Crippen LogP contribution in [-0.2, 0) is 24.2 Å². The topological polar surface area (TPSA) is 79.3 Å². The van der Waals surface area contributed by atoms with Crippen molar-refractivity contribution in [3.8, 4) is 0 Å². The van der Waals surface area contributed by atoms with Crippen molar-refractivity contribution in [2.24, 2.45) is 0 Å². The molecule has 0 atom stereocenters. The fraction of sp³-hybridized carbons (Fsp3) is 0.292. The maximum Gasteiger partial charge on any atom is 0.255 e. The number of hydrogen-bond donors (Lipinski definition) is 0. The first-order valence-corrected chi connectivity index (χ1v) is 10.4. The summed E-state index contributed by atoms with van der Waals surface area (Å²) in [5, 5.41) is 0. The molecule has 158 valence electrons. The smallest absolute Gasteiger partial charge is 0.255 e. The summed E-state index contributed by atoms with van der Waals surface area (Å²) in [5.74, 6) is 1.13. The van der Waals surface area contributed by atoms with E-state index < -0.39 is 0 Å². The number of fused-ring (bicyclic) bond motifs is 1. The third kappa shape index (κ3) is 4.60. The minimum absolute atomic E-state index is 0.0762. The van der Waals surface area contributed by atoms with Gasteiger partial charge in [-0.1, -0.05) is 30.3 Å². The highest BCUT2D eigenvalue weighted by molar-refractivity contribution is 5.95. The highest BCUT2D eigenvalue weighted by Crippen LogP contribution is 2.28. The molecule has 31 heavy (non-hydrogen) atoms. The number of hydrogen-bond acceptors (Lipinski definition) is 5. The maximum absolute atomic E-state index is 12.7. The first kappa shape index (κ1) is 20.7. The number of aryl methyl sites for hydroxylation is 1. The second kappa shape index (κ2) is 9.04. The van der Waals surface area contributed by atoms with E-state index in [4.69, 9.17) is 4.98 Å². The van der Waals surface area contributed by atoms with E-state index in [1.54, 1.807) is 41.4 Å². The van der Waals surface area contributed by atoms with E-state index in [2.05, 4.69) is 22.1 Å². The van der Waals surface area contributed by atoms with Gasteiger partial charge in [0.05, 0.1) is 12.1 Å². The van der Waals surface area contributed by atoms with E-state index in [0.29, 0.717) is 36.6 Å². The average Bonchev–Trinajstić information content (AvgIpc) is 2.79. The summed E-state index contributed by atoms with van der Waals surface area (Å²) in [5.41, 5.74) is 3.56. The highest BCUT2D eigenvalue weighted by Gasteiger charge is 2.28. The Bertz CT molecular complexity index is 1090. The molecular weight excluding hydrogens is 390 g/mol. The Morgan fingerprint density at radius 1 is 1.10 bits per heavy atom. The Morgan fingerprint density at radius 2 is 1.90 bits per heavy atom. The Labute approximate surface area is 181 Å². The largest absolute Gasteiger partial charge is 0.334 e. The quantitative estimate of drug-likeness (QED) is 0.618. The minimum atomic E-state index is -0.149. The number of anilines is 1. The molecule has 2 amide bonds. The monoisotopic (exact) mass is 415 g/mol. The van der Waals surface area contributed by atoms with Gasteiger partial charge in [0.1, 0.15) is 11.6 Å². The van der Waals surface area contributed by atoms with Crippen LogP contribution in [0, 0.1) is 6.92 Å². The van der Waals surface area contributed by atoms with Crippen LogP contribution in [0.25, 0.3) is 0 Å². The van der Waals surface area contributed by atoms with Gasteiger partial charge >= 0.3 is 0 Å². The normalized spacial score (nSPS) is 13.1. The van der Waals surface area contributed by atoms with Crippen LogP contribution in [0.15, 0.2) is 54.9 Å². The Morgan fingerprint density at radius 3 is 2.65 bits per heavy atom. The highest BCUT2D eigenvalue weighted by atomic mass is 16.2. The molecule has 1 aliphatic rings. The van der Waals surface area contributed by atoms with Crippen LogP contribution in [0.2, 0.25) is 0 Å². The van der Waals surface area contributed by atoms with Crippen LogP contribution < -0.4 is 4.90 Å². The van der Waals surface area contributed by atoms with E-state index in [1.165, 1.54) is 5.56 Å². The van der Waals surface area contributed by atoms with E-state index >= 15 is 0 Å². The third-order valence-corrected chi connectivity index (χ3v) is 5.48. The number of rotatable bonds is 6. The van der Waals surface area contributed by atoms with Crippen LogP contribution in [0.5, 0.6) is 0 Å². The number of carbonyl (C=O) groups excluding carboxylic acids is 2. The number of nitrogens with zero attached hydrogens (tertiary/aromatic N) is 5. The molecule has 3 aromatic rings. The molecule has 0 spiro atoms.